The Bertz CT molecular complexity index is 176. The number of nitrogens with two attached hydrogens (primary N) is 1. The highest BCUT2D eigenvalue weighted by molar-refractivity contribution is 5.80. The van der Waals surface area contributed by atoms with E-state index in [0.717, 1.165) is 38.2 Å². The standard InChI is InChI=1S/C11H24N2O/c1-5-6-10(12)13-9-11(2,3)7-8-14-4/h5-9H2,1-4H3,(H2,12,13). The third-order valence-corrected chi connectivity index (χ3v) is 2.20. The normalized spacial score (nSPS) is 13.3. The van der Waals surface area contributed by atoms with Gasteiger partial charge in [0.15, 0.2) is 0 Å². The summed E-state index contributed by atoms with van der Waals surface area (Å²) in [6.07, 6.45) is 2.99. The number of hydrogen-bond acceptors (Lipinski definition) is 2. The van der Waals surface area contributed by atoms with E-state index in [2.05, 4.69) is 25.8 Å². The third-order valence-electron chi connectivity index (χ3n) is 2.20. The molecule has 0 aromatic carbocycles. The lowest BCUT2D eigenvalue weighted by atomic mass is 9.90. The van der Waals surface area contributed by atoms with Crippen molar-refractivity contribution in [3.05, 3.63) is 0 Å². The molecule has 2 N–H and O–H groups in total. The zero-order valence-electron chi connectivity index (χ0n) is 9.97. The largest absolute Gasteiger partial charge is 0.387 e. The molecule has 3 nitrogen and oxygen atoms in total. The van der Waals surface area contributed by atoms with E-state index in [-0.39, 0.29) is 5.41 Å². The van der Waals surface area contributed by atoms with E-state index >= 15 is 0 Å². The van der Waals surface area contributed by atoms with Gasteiger partial charge >= 0.3 is 0 Å². The molecule has 0 saturated carbocycles. The summed E-state index contributed by atoms with van der Waals surface area (Å²) in [6.45, 7) is 8.07. The van der Waals surface area contributed by atoms with Gasteiger partial charge in [0.05, 0.1) is 5.84 Å². The summed E-state index contributed by atoms with van der Waals surface area (Å²) in [7, 11) is 1.73. The van der Waals surface area contributed by atoms with Crippen LogP contribution in [0.25, 0.3) is 0 Å². The predicted octanol–water partition coefficient (Wildman–Crippen LogP) is 2.21. The Hall–Kier alpha value is -0.570. The predicted molar refractivity (Wildman–Crippen MR) is 61.7 cm³/mol. The van der Waals surface area contributed by atoms with E-state index in [9.17, 15) is 0 Å². The van der Waals surface area contributed by atoms with E-state index in [0.29, 0.717) is 0 Å². The number of rotatable bonds is 7. The van der Waals surface area contributed by atoms with Crippen LogP contribution in [0.4, 0.5) is 0 Å². The van der Waals surface area contributed by atoms with E-state index < -0.39 is 0 Å². The SMILES string of the molecule is CCCC(N)=NCC(C)(C)CCOC. The monoisotopic (exact) mass is 200 g/mol. The number of nitrogens with zero attached hydrogens (tertiary/aromatic N) is 1. The lowest BCUT2D eigenvalue weighted by Gasteiger charge is -2.21. The first kappa shape index (κ1) is 13.4. The molecule has 0 bridgehead atoms. The first-order valence-corrected chi connectivity index (χ1v) is 5.29. The van der Waals surface area contributed by atoms with Crippen LogP contribution in [0.3, 0.4) is 0 Å². The highest BCUT2D eigenvalue weighted by Gasteiger charge is 2.16. The van der Waals surface area contributed by atoms with Gasteiger partial charge in [0, 0.05) is 26.7 Å². The summed E-state index contributed by atoms with van der Waals surface area (Å²) in [5, 5.41) is 0. The number of aliphatic imine (C=N–C) groups is 1. The molecule has 14 heavy (non-hydrogen) atoms. The fraction of sp³-hybridized carbons (Fsp3) is 0.909. The number of hydrogen-bond donors (Lipinski definition) is 1. The van der Waals surface area contributed by atoms with E-state index in [1.807, 2.05) is 0 Å². The molecule has 0 aliphatic heterocycles. The Kier molecular flexibility index (Phi) is 6.54. The molecule has 0 rings (SSSR count). The van der Waals surface area contributed by atoms with Gasteiger partial charge in [-0.15, -0.1) is 0 Å². The van der Waals surface area contributed by atoms with Gasteiger partial charge in [-0.2, -0.15) is 0 Å². The summed E-state index contributed by atoms with van der Waals surface area (Å²) in [4.78, 5) is 4.38. The van der Waals surface area contributed by atoms with Crippen LogP contribution in [0, 0.1) is 5.41 Å². The Labute approximate surface area is 87.7 Å². The minimum atomic E-state index is 0.189. The molecular formula is C11H24N2O. The molecule has 84 valence electrons. The zero-order valence-corrected chi connectivity index (χ0v) is 9.97. The summed E-state index contributed by atoms with van der Waals surface area (Å²) in [5.74, 6) is 0.776. The number of ether oxygens (including phenoxy) is 1. The molecule has 0 amide bonds. The highest BCUT2D eigenvalue weighted by atomic mass is 16.5. The van der Waals surface area contributed by atoms with Gasteiger partial charge in [-0.05, 0) is 18.3 Å². The molecule has 3 heteroatoms. The maximum atomic E-state index is 5.74. The summed E-state index contributed by atoms with van der Waals surface area (Å²) < 4.78 is 5.05. The van der Waals surface area contributed by atoms with E-state index in [4.69, 9.17) is 10.5 Å². The van der Waals surface area contributed by atoms with Crippen molar-refractivity contribution in [1.29, 1.82) is 0 Å². The van der Waals surface area contributed by atoms with Crippen LogP contribution in [0.2, 0.25) is 0 Å². The molecule has 0 aromatic rings. The van der Waals surface area contributed by atoms with Crippen molar-refractivity contribution < 1.29 is 4.74 Å². The Balaban J connectivity index is 3.89. The first-order valence-electron chi connectivity index (χ1n) is 5.29. The molecule has 0 aromatic heterocycles. The molecule has 0 aliphatic carbocycles. The molecule has 0 aliphatic rings. The van der Waals surface area contributed by atoms with Crippen LogP contribution in [-0.4, -0.2) is 26.1 Å². The maximum Gasteiger partial charge on any atom is 0.0937 e. The summed E-state index contributed by atoms with van der Waals surface area (Å²) >= 11 is 0. The van der Waals surface area contributed by atoms with Crippen LogP contribution in [-0.2, 0) is 4.74 Å². The first-order chi connectivity index (χ1) is 6.52. The second-order valence-electron chi connectivity index (χ2n) is 4.46. The van der Waals surface area contributed by atoms with Crippen LogP contribution >= 0.6 is 0 Å². The molecule has 0 fully saturated rings. The molecule has 0 unspecified atom stereocenters. The molecule has 0 saturated heterocycles. The fourth-order valence-electron chi connectivity index (χ4n) is 1.11. The Morgan fingerprint density at radius 1 is 1.43 bits per heavy atom. The molecule has 0 spiro atoms. The topological polar surface area (TPSA) is 47.6 Å². The van der Waals surface area contributed by atoms with Crippen molar-refractivity contribution >= 4 is 5.84 Å². The van der Waals surface area contributed by atoms with Crippen molar-refractivity contribution in [2.75, 3.05) is 20.3 Å². The van der Waals surface area contributed by atoms with Gasteiger partial charge in [0.1, 0.15) is 0 Å². The molecular weight excluding hydrogens is 176 g/mol. The summed E-state index contributed by atoms with van der Waals surface area (Å²) in [5.41, 5.74) is 5.93. The zero-order chi connectivity index (χ0) is 11.0. The molecule has 0 heterocycles. The fourth-order valence-corrected chi connectivity index (χ4v) is 1.11. The molecule has 0 radical (unpaired) electrons. The Morgan fingerprint density at radius 3 is 2.57 bits per heavy atom. The maximum absolute atomic E-state index is 5.74. The average molecular weight is 200 g/mol. The van der Waals surface area contributed by atoms with Crippen LogP contribution in [0.15, 0.2) is 4.99 Å². The van der Waals surface area contributed by atoms with Gasteiger partial charge in [-0.1, -0.05) is 20.8 Å². The number of methoxy groups -OCH3 is 1. The van der Waals surface area contributed by atoms with Crippen molar-refractivity contribution in [3.8, 4) is 0 Å². The van der Waals surface area contributed by atoms with Crippen molar-refractivity contribution in [3.63, 3.8) is 0 Å². The van der Waals surface area contributed by atoms with Crippen LogP contribution < -0.4 is 5.73 Å². The minimum absolute atomic E-state index is 0.189. The summed E-state index contributed by atoms with van der Waals surface area (Å²) in [6, 6.07) is 0. The van der Waals surface area contributed by atoms with E-state index in [1.54, 1.807) is 7.11 Å². The lowest BCUT2D eigenvalue weighted by Crippen LogP contribution is -2.21. The van der Waals surface area contributed by atoms with Crippen molar-refractivity contribution in [1.82, 2.24) is 0 Å². The quantitative estimate of drug-likeness (QED) is 0.506. The minimum Gasteiger partial charge on any atom is -0.387 e. The van der Waals surface area contributed by atoms with Gasteiger partial charge in [-0.3, -0.25) is 4.99 Å². The van der Waals surface area contributed by atoms with Gasteiger partial charge in [-0.25, -0.2) is 0 Å². The molecule has 0 atom stereocenters. The average Bonchev–Trinajstić information content (AvgIpc) is 2.13. The van der Waals surface area contributed by atoms with Crippen molar-refractivity contribution in [2.24, 2.45) is 16.1 Å². The van der Waals surface area contributed by atoms with Gasteiger partial charge in [0.25, 0.3) is 0 Å². The third kappa shape index (κ3) is 6.89. The van der Waals surface area contributed by atoms with E-state index in [1.165, 1.54) is 0 Å². The lowest BCUT2D eigenvalue weighted by molar-refractivity contribution is 0.155. The van der Waals surface area contributed by atoms with Crippen LogP contribution in [0.5, 0.6) is 0 Å². The van der Waals surface area contributed by atoms with Crippen LogP contribution in [0.1, 0.15) is 40.0 Å². The second-order valence-corrected chi connectivity index (χ2v) is 4.46. The smallest absolute Gasteiger partial charge is 0.0937 e. The number of amidine groups is 1. The Morgan fingerprint density at radius 2 is 2.07 bits per heavy atom. The highest BCUT2D eigenvalue weighted by Crippen LogP contribution is 2.20. The van der Waals surface area contributed by atoms with Crippen molar-refractivity contribution in [2.45, 2.75) is 40.0 Å². The van der Waals surface area contributed by atoms with Gasteiger partial charge in [0.2, 0.25) is 0 Å². The second kappa shape index (κ2) is 6.82. The van der Waals surface area contributed by atoms with Gasteiger partial charge < -0.3 is 10.5 Å².